The maximum absolute atomic E-state index is 8.95. The summed E-state index contributed by atoms with van der Waals surface area (Å²) in [5.41, 5.74) is 1.05. The van der Waals surface area contributed by atoms with E-state index in [9.17, 15) is 0 Å². The molecule has 1 unspecified atom stereocenters. The maximum Gasteiger partial charge on any atom is 0.123 e. The molecule has 0 aliphatic rings. The van der Waals surface area contributed by atoms with Crippen molar-refractivity contribution in [3.8, 4) is 5.75 Å². The van der Waals surface area contributed by atoms with Crippen molar-refractivity contribution in [3.05, 3.63) is 28.8 Å². The number of aliphatic hydroxyl groups is 1. The average Bonchev–Trinajstić information content (AvgIpc) is 2.34. The second-order valence-electron chi connectivity index (χ2n) is 4.13. The fourth-order valence-electron chi connectivity index (χ4n) is 1.37. The third-order valence-corrected chi connectivity index (χ3v) is 2.66. The number of halogens is 1. The Kier molecular flexibility index (Phi) is 6.34. The van der Waals surface area contributed by atoms with Gasteiger partial charge < -0.3 is 15.2 Å². The quantitative estimate of drug-likeness (QED) is 0.789. The van der Waals surface area contributed by atoms with Crippen molar-refractivity contribution < 1.29 is 9.84 Å². The van der Waals surface area contributed by atoms with Crippen LogP contribution in [-0.2, 0) is 6.54 Å². The Hall–Kier alpha value is -0.770. The number of nitrogens with one attached hydrogen (secondary N) is 1. The lowest BCUT2D eigenvalue weighted by atomic mass is 10.2. The summed E-state index contributed by atoms with van der Waals surface area (Å²) in [6, 6.07) is 5.60. The highest BCUT2D eigenvalue weighted by Crippen LogP contribution is 2.23. The van der Waals surface area contributed by atoms with E-state index >= 15 is 0 Å². The fraction of sp³-hybridized carbons (Fsp3) is 0.538. The minimum atomic E-state index is 0.135. The van der Waals surface area contributed by atoms with Crippen molar-refractivity contribution in [3.63, 3.8) is 0 Å². The zero-order valence-electron chi connectivity index (χ0n) is 10.4. The summed E-state index contributed by atoms with van der Waals surface area (Å²) in [6.45, 7) is 6.28. The van der Waals surface area contributed by atoms with Gasteiger partial charge in [0.05, 0.1) is 6.61 Å². The van der Waals surface area contributed by atoms with E-state index in [4.69, 9.17) is 21.4 Å². The summed E-state index contributed by atoms with van der Waals surface area (Å²) in [5, 5.41) is 12.9. The molecule has 96 valence electrons. The molecule has 3 nitrogen and oxygen atoms in total. The van der Waals surface area contributed by atoms with Gasteiger partial charge in [-0.1, -0.05) is 25.4 Å². The van der Waals surface area contributed by atoms with Gasteiger partial charge in [0.2, 0.25) is 0 Å². The van der Waals surface area contributed by atoms with Crippen molar-refractivity contribution in [2.45, 2.75) is 20.4 Å². The van der Waals surface area contributed by atoms with Crippen LogP contribution >= 0.6 is 11.6 Å². The third-order valence-electron chi connectivity index (χ3n) is 2.42. The van der Waals surface area contributed by atoms with E-state index in [0.29, 0.717) is 11.6 Å². The zero-order chi connectivity index (χ0) is 12.7. The molecule has 0 amide bonds. The van der Waals surface area contributed by atoms with E-state index in [1.54, 1.807) is 0 Å². The lowest BCUT2D eigenvalue weighted by Gasteiger charge is -2.14. The molecule has 4 heteroatoms. The number of benzene rings is 1. The zero-order valence-corrected chi connectivity index (χ0v) is 11.1. The molecule has 0 radical (unpaired) electrons. The molecule has 0 saturated heterocycles. The van der Waals surface area contributed by atoms with Crippen molar-refractivity contribution in [1.29, 1.82) is 0 Å². The predicted octanol–water partition coefficient (Wildman–Crippen LogP) is 2.46. The van der Waals surface area contributed by atoms with Crippen LogP contribution in [0.25, 0.3) is 0 Å². The Morgan fingerprint density at radius 3 is 2.88 bits per heavy atom. The van der Waals surface area contributed by atoms with Crippen LogP contribution in [0.4, 0.5) is 0 Å². The molecule has 0 aliphatic carbocycles. The first-order chi connectivity index (χ1) is 8.17. The van der Waals surface area contributed by atoms with Crippen LogP contribution < -0.4 is 10.1 Å². The second kappa shape index (κ2) is 7.54. The van der Waals surface area contributed by atoms with Crippen LogP contribution in [0.2, 0.25) is 5.02 Å². The lowest BCUT2D eigenvalue weighted by molar-refractivity contribution is 0.173. The highest BCUT2D eigenvalue weighted by molar-refractivity contribution is 6.30. The largest absolute Gasteiger partial charge is 0.493 e. The van der Waals surface area contributed by atoms with Crippen molar-refractivity contribution >= 4 is 11.6 Å². The predicted molar refractivity (Wildman–Crippen MR) is 70.6 cm³/mol. The van der Waals surface area contributed by atoms with Gasteiger partial charge in [-0.25, -0.2) is 0 Å². The van der Waals surface area contributed by atoms with E-state index in [1.807, 2.05) is 25.1 Å². The van der Waals surface area contributed by atoms with Gasteiger partial charge in [0.1, 0.15) is 5.75 Å². The number of hydrogen-bond donors (Lipinski definition) is 2. The van der Waals surface area contributed by atoms with Crippen molar-refractivity contribution in [2.24, 2.45) is 5.92 Å². The van der Waals surface area contributed by atoms with Gasteiger partial charge in [-0.15, -0.1) is 0 Å². The second-order valence-corrected chi connectivity index (χ2v) is 4.57. The minimum absolute atomic E-state index is 0.135. The molecule has 1 aromatic rings. The van der Waals surface area contributed by atoms with Gasteiger partial charge in [-0.3, -0.25) is 0 Å². The minimum Gasteiger partial charge on any atom is -0.493 e. The Morgan fingerprint density at radius 2 is 2.24 bits per heavy atom. The molecule has 0 heterocycles. The normalized spacial score (nSPS) is 12.5. The maximum atomic E-state index is 8.95. The topological polar surface area (TPSA) is 41.5 Å². The van der Waals surface area contributed by atoms with Gasteiger partial charge in [-0.2, -0.15) is 0 Å². The van der Waals surface area contributed by atoms with E-state index < -0.39 is 0 Å². The van der Waals surface area contributed by atoms with E-state index in [-0.39, 0.29) is 12.5 Å². The molecule has 0 aromatic heterocycles. The Balaban J connectivity index is 2.68. The standard InChI is InChI=1S/C13H20ClNO2/c1-3-15-7-11-6-12(14)4-5-13(11)17-9-10(2)8-16/h4-6,10,15-16H,3,7-9H2,1-2H3. The third kappa shape index (κ3) is 4.94. The number of aliphatic hydroxyl groups excluding tert-OH is 1. The van der Waals surface area contributed by atoms with Gasteiger partial charge in [0.15, 0.2) is 0 Å². The van der Waals surface area contributed by atoms with Gasteiger partial charge in [0, 0.05) is 29.7 Å². The van der Waals surface area contributed by atoms with Crippen molar-refractivity contribution in [2.75, 3.05) is 19.8 Å². The first-order valence-electron chi connectivity index (χ1n) is 5.90. The van der Waals surface area contributed by atoms with E-state index in [0.717, 1.165) is 24.4 Å². The molecule has 0 bridgehead atoms. The summed E-state index contributed by atoms with van der Waals surface area (Å²) < 4.78 is 5.68. The summed E-state index contributed by atoms with van der Waals surface area (Å²) in [5.74, 6) is 0.966. The highest BCUT2D eigenvalue weighted by Gasteiger charge is 2.06. The van der Waals surface area contributed by atoms with Gasteiger partial charge in [-0.05, 0) is 24.7 Å². The monoisotopic (exact) mass is 257 g/mol. The SMILES string of the molecule is CCNCc1cc(Cl)ccc1OCC(C)CO. The number of rotatable bonds is 7. The molecule has 0 saturated carbocycles. The van der Waals surface area contributed by atoms with Crippen LogP contribution in [0, 0.1) is 5.92 Å². The molecule has 0 aliphatic heterocycles. The van der Waals surface area contributed by atoms with Crippen LogP contribution in [0.3, 0.4) is 0 Å². The van der Waals surface area contributed by atoms with Crippen LogP contribution in [-0.4, -0.2) is 24.9 Å². The first kappa shape index (κ1) is 14.3. The summed E-state index contributed by atoms with van der Waals surface area (Å²) >= 11 is 5.96. The van der Waals surface area contributed by atoms with Gasteiger partial charge in [0.25, 0.3) is 0 Å². The molecular weight excluding hydrogens is 238 g/mol. The Bertz CT molecular complexity index is 344. The molecule has 1 rings (SSSR count). The molecule has 1 atom stereocenters. The van der Waals surface area contributed by atoms with Crippen LogP contribution in [0.5, 0.6) is 5.75 Å². The average molecular weight is 258 g/mol. The molecule has 2 N–H and O–H groups in total. The van der Waals surface area contributed by atoms with E-state index in [2.05, 4.69) is 12.2 Å². The number of hydrogen-bond acceptors (Lipinski definition) is 3. The molecule has 1 aromatic carbocycles. The van der Waals surface area contributed by atoms with Crippen LogP contribution in [0.15, 0.2) is 18.2 Å². The molecule has 0 fully saturated rings. The Labute approximate surface area is 108 Å². The lowest BCUT2D eigenvalue weighted by Crippen LogP contribution is -2.16. The molecular formula is C13H20ClNO2. The first-order valence-corrected chi connectivity index (χ1v) is 6.28. The van der Waals surface area contributed by atoms with Gasteiger partial charge >= 0.3 is 0 Å². The fourth-order valence-corrected chi connectivity index (χ4v) is 1.57. The summed E-state index contributed by atoms with van der Waals surface area (Å²) in [7, 11) is 0. The summed E-state index contributed by atoms with van der Waals surface area (Å²) in [6.07, 6.45) is 0. The Morgan fingerprint density at radius 1 is 1.47 bits per heavy atom. The highest BCUT2D eigenvalue weighted by atomic mass is 35.5. The number of ether oxygens (including phenoxy) is 1. The van der Waals surface area contributed by atoms with Crippen molar-refractivity contribution in [1.82, 2.24) is 5.32 Å². The smallest absolute Gasteiger partial charge is 0.123 e. The van der Waals surface area contributed by atoms with E-state index in [1.165, 1.54) is 0 Å². The molecule has 17 heavy (non-hydrogen) atoms. The van der Waals surface area contributed by atoms with Crippen LogP contribution in [0.1, 0.15) is 19.4 Å². The molecule has 0 spiro atoms. The summed E-state index contributed by atoms with van der Waals surface area (Å²) in [4.78, 5) is 0.